The van der Waals surface area contributed by atoms with E-state index in [-0.39, 0.29) is 11.1 Å². The van der Waals surface area contributed by atoms with E-state index in [2.05, 4.69) is 6.07 Å². The first-order valence-electron chi connectivity index (χ1n) is 7.18. The van der Waals surface area contributed by atoms with E-state index in [0.717, 1.165) is 24.0 Å². The van der Waals surface area contributed by atoms with E-state index in [1.807, 2.05) is 6.07 Å². The summed E-state index contributed by atoms with van der Waals surface area (Å²) in [5.74, 6) is -0.494. The highest BCUT2D eigenvalue weighted by Gasteiger charge is 2.24. The Morgan fingerprint density at radius 1 is 0.958 bits per heavy atom. The Bertz CT molecular complexity index is 762. The third kappa shape index (κ3) is 3.84. The highest BCUT2D eigenvalue weighted by molar-refractivity contribution is 5.94. The molecule has 0 fully saturated rings. The number of aryl methyl sites for hydroxylation is 1. The Hall–Kier alpha value is -3.02. The van der Waals surface area contributed by atoms with E-state index in [0.29, 0.717) is 5.56 Å². The molecule has 0 saturated carbocycles. The molecular formula is C18H18O6. The summed E-state index contributed by atoms with van der Waals surface area (Å²) in [6.45, 7) is 1.65. The highest BCUT2D eigenvalue weighted by Crippen LogP contribution is 2.42. The lowest BCUT2D eigenvalue weighted by Gasteiger charge is -2.04. The van der Waals surface area contributed by atoms with Gasteiger partial charge in [0.05, 0.1) is 25.3 Å². The first-order valence-corrected chi connectivity index (χ1v) is 7.18. The third-order valence-electron chi connectivity index (χ3n) is 3.56. The second kappa shape index (κ2) is 7.04. The predicted octanol–water partition coefficient (Wildman–Crippen LogP) is 3.00. The average Bonchev–Trinajstić information content (AvgIpc) is 3.33. The Morgan fingerprint density at radius 2 is 1.54 bits per heavy atom. The largest absolute Gasteiger partial charge is 0.493 e. The molecule has 0 spiro atoms. The van der Waals surface area contributed by atoms with Crippen molar-refractivity contribution in [3.63, 3.8) is 0 Å². The Labute approximate surface area is 139 Å². The average molecular weight is 330 g/mol. The van der Waals surface area contributed by atoms with Gasteiger partial charge in [0, 0.05) is 12.0 Å². The van der Waals surface area contributed by atoms with E-state index in [1.165, 1.54) is 23.3 Å². The molecule has 0 atom stereocenters. The first kappa shape index (κ1) is 17.3. The molecule has 3 rings (SSSR count). The fourth-order valence-electron chi connectivity index (χ4n) is 2.35. The van der Waals surface area contributed by atoms with Gasteiger partial charge >= 0.3 is 11.9 Å². The Morgan fingerprint density at radius 3 is 2.00 bits per heavy atom. The van der Waals surface area contributed by atoms with Crippen molar-refractivity contribution in [3.8, 4) is 11.5 Å². The number of carboxylic acid groups (broad SMARTS) is 2. The van der Waals surface area contributed by atoms with Gasteiger partial charge in [0.1, 0.15) is 0 Å². The van der Waals surface area contributed by atoms with E-state index in [1.54, 1.807) is 21.1 Å². The zero-order chi connectivity index (χ0) is 17.9. The maximum Gasteiger partial charge on any atom is 0.335 e. The molecule has 0 aromatic heterocycles. The van der Waals surface area contributed by atoms with Crippen molar-refractivity contribution in [2.24, 2.45) is 0 Å². The van der Waals surface area contributed by atoms with Crippen molar-refractivity contribution >= 4 is 11.9 Å². The lowest BCUT2D eigenvalue weighted by molar-refractivity contribution is 0.0696. The second-order valence-corrected chi connectivity index (χ2v) is 5.31. The zero-order valence-corrected chi connectivity index (χ0v) is 13.6. The van der Waals surface area contributed by atoms with E-state index < -0.39 is 11.9 Å². The summed E-state index contributed by atoms with van der Waals surface area (Å²) in [5.41, 5.74) is 3.29. The van der Waals surface area contributed by atoms with Crippen molar-refractivity contribution < 1.29 is 29.3 Å². The van der Waals surface area contributed by atoms with Crippen LogP contribution in [-0.4, -0.2) is 36.4 Å². The van der Waals surface area contributed by atoms with Gasteiger partial charge in [-0.15, -0.1) is 0 Å². The topological polar surface area (TPSA) is 93.1 Å². The third-order valence-corrected chi connectivity index (χ3v) is 3.56. The van der Waals surface area contributed by atoms with Crippen LogP contribution < -0.4 is 9.47 Å². The summed E-state index contributed by atoms with van der Waals surface area (Å²) in [6, 6.07) is 8.02. The Kier molecular flexibility index (Phi) is 5.08. The van der Waals surface area contributed by atoms with Gasteiger partial charge in [-0.1, -0.05) is 6.07 Å². The zero-order valence-electron chi connectivity index (χ0n) is 13.6. The molecule has 1 aliphatic carbocycles. The number of fused-ring (bicyclic) bond motifs is 1. The smallest absolute Gasteiger partial charge is 0.335 e. The maximum atomic E-state index is 10.5. The molecule has 0 radical (unpaired) electrons. The van der Waals surface area contributed by atoms with Crippen LogP contribution in [0.25, 0.3) is 0 Å². The number of methoxy groups -OCH3 is 2. The maximum absolute atomic E-state index is 10.5. The molecule has 1 aliphatic rings. The molecule has 0 bridgehead atoms. The van der Waals surface area contributed by atoms with Crippen LogP contribution in [0.5, 0.6) is 11.5 Å². The van der Waals surface area contributed by atoms with Crippen molar-refractivity contribution in [1.29, 1.82) is 0 Å². The van der Waals surface area contributed by atoms with Crippen LogP contribution in [0, 0.1) is 6.92 Å². The number of hydrogen-bond acceptors (Lipinski definition) is 4. The summed E-state index contributed by atoms with van der Waals surface area (Å²) >= 11 is 0. The van der Waals surface area contributed by atoms with E-state index in [4.69, 9.17) is 19.7 Å². The number of aromatic carboxylic acids is 2. The standard InChI is InChI=1S/C9H8O4.C9H10O2/c1-5-2-6(8(10)11)4-7(3-5)9(12)13;1-10-8-4-3-6-5-7(6)9(8)11-2/h2-4H,1H3,(H,10,11)(H,12,13);3-4H,5H2,1-2H3. The minimum absolute atomic E-state index is 0.00241. The summed E-state index contributed by atoms with van der Waals surface area (Å²) in [5, 5.41) is 17.2. The molecule has 2 N–H and O–H groups in total. The van der Waals surface area contributed by atoms with Gasteiger partial charge in [-0.2, -0.15) is 0 Å². The van der Waals surface area contributed by atoms with Gasteiger partial charge < -0.3 is 19.7 Å². The van der Waals surface area contributed by atoms with Crippen LogP contribution in [0.2, 0.25) is 0 Å². The van der Waals surface area contributed by atoms with Crippen molar-refractivity contribution in [2.45, 2.75) is 13.3 Å². The number of carboxylic acids is 2. The van der Waals surface area contributed by atoms with Crippen LogP contribution in [0.4, 0.5) is 0 Å². The van der Waals surface area contributed by atoms with E-state index in [9.17, 15) is 9.59 Å². The second-order valence-electron chi connectivity index (χ2n) is 5.31. The molecule has 2 aromatic carbocycles. The SMILES string of the molecule is COc1ccc2c(c1OC)C2.Cc1cc(C(=O)O)cc(C(=O)O)c1. The summed E-state index contributed by atoms with van der Waals surface area (Å²) in [6.07, 6.45) is 1.06. The van der Waals surface area contributed by atoms with Crippen LogP contribution in [0.1, 0.15) is 37.4 Å². The quantitative estimate of drug-likeness (QED) is 0.764. The normalized spacial score (nSPS) is 10.8. The molecule has 6 heteroatoms. The van der Waals surface area contributed by atoms with Gasteiger partial charge in [-0.25, -0.2) is 9.59 Å². The minimum atomic E-state index is -1.12. The summed E-state index contributed by atoms with van der Waals surface area (Å²) in [4.78, 5) is 21.1. The number of rotatable bonds is 4. The number of carbonyl (C=O) groups is 2. The fourth-order valence-corrected chi connectivity index (χ4v) is 2.35. The number of hydrogen-bond donors (Lipinski definition) is 2. The van der Waals surface area contributed by atoms with Crippen molar-refractivity contribution in [1.82, 2.24) is 0 Å². The molecule has 0 aliphatic heterocycles. The molecule has 0 saturated heterocycles. The van der Waals surface area contributed by atoms with Crippen LogP contribution in [-0.2, 0) is 6.42 Å². The molecule has 6 nitrogen and oxygen atoms in total. The molecule has 0 heterocycles. The van der Waals surface area contributed by atoms with Crippen LogP contribution >= 0.6 is 0 Å². The van der Waals surface area contributed by atoms with Crippen molar-refractivity contribution in [2.75, 3.05) is 14.2 Å². The van der Waals surface area contributed by atoms with Gasteiger partial charge in [0.2, 0.25) is 0 Å². The fraction of sp³-hybridized carbons (Fsp3) is 0.222. The van der Waals surface area contributed by atoms with Gasteiger partial charge in [0.25, 0.3) is 0 Å². The molecular weight excluding hydrogens is 312 g/mol. The first-order chi connectivity index (χ1) is 11.4. The predicted molar refractivity (Wildman–Crippen MR) is 87.4 cm³/mol. The lowest BCUT2D eigenvalue weighted by atomic mass is 10.1. The van der Waals surface area contributed by atoms with E-state index >= 15 is 0 Å². The molecule has 126 valence electrons. The minimum Gasteiger partial charge on any atom is -0.493 e. The summed E-state index contributed by atoms with van der Waals surface area (Å²) in [7, 11) is 3.34. The van der Waals surface area contributed by atoms with Gasteiger partial charge in [0.15, 0.2) is 11.5 Å². The number of ether oxygens (including phenoxy) is 2. The molecule has 24 heavy (non-hydrogen) atoms. The summed E-state index contributed by atoms with van der Waals surface area (Å²) < 4.78 is 10.3. The lowest BCUT2D eigenvalue weighted by Crippen LogP contribution is -2.02. The molecule has 0 unspecified atom stereocenters. The molecule has 2 aromatic rings. The highest BCUT2D eigenvalue weighted by atomic mass is 16.5. The molecule has 0 amide bonds. The monoisotopic (exact) mass is 330 g/mol. The van der Waals surface area contributed by atoms with Gasteiger partial charge in [-0.05, 0) is 42.3 Å². The van der Waals surface area contributed by atoms with Crippen molar-refractivity contribution in [3.05, 3.63) is 58.1 Å². The number of benzene rings is 2. The Balaban J connectivity index is 0.000000175. The van der Waals surface area contributed by atoms with Crippen LogP contribution in [0.3, 0.4) is 0 Å². The van der Waals surface area contributed by atoms with Gasteiger partial charge in [-0.3, -0.25) is 0 Å². The van der Waals surface area contributed by atoms with Crippen LogP contribution in [0.15, 0.2) is 30.3 Å².